The summed E-state index contributed by atoms with van der Waals surface area (Å²) in [6, 6.07) is 6.06. The molecular weight excluding hydrogens is 300 g/mol. The first-order valence-electron chi connectivity index (χ1n) is 7.93. The van der Waals surface area contributed by atoms with Crippen molar-refractivity contribution in [2.75, 3.05) is 18.6 Å². The minimum atomic E-state index is 0. The molecule has 4 nitrogen and oxygen atoms in total. The Bertz CT molecular complexity index is 590. The summed E-state index contributed by atoms with van der Waals surface area (Å²) >= 11 is 0. The van der Waals surface area contributed by atoms with E-state index in [-0.39, 0.29) is 30.3 Å². The number of ether oxygens (including phenoxy) is 1. The van der Waals surface area contributed by atoms with Crippen molar-refractivity contribution in [1.82, 2.24) is 0 Å². The van der Waals surface area contributed by atoms with Gasteiger partial charge in [-0.25, -0.2) is 0 Å². The van der Waals surface area contributed by atoms with Crippen LogP contribution in [0.5, 0.6) is 5.75 Å². The highest BCUT2D eigenvalue weighted by Gasteiger charge is 2.50. The van der Waals surface area contributed by atoms with Crippen molar-refractivity contribution in [1.29, 1.82) is 0 Å². The second-order valence-corrected chi connectivity index (χ2v) is 6.67. The number of nitrogens with zero attached hydrogens (tertiary/aromatic N) is 1. The molecule has 0 saturated heterocycles. The van der Waals surface area contributed by atoms with E-state index in [0.717, 1.165) is 30.8 Å². The van der Waals surface area contributed by atoms with Crippen LogP contribution in [0.2, 0.25) is 0 Å². The van der Waals surface area contributed by atoms with Gasteiger partial charge in [0.1, 0.15) is 5.75 Å². The summed E-state index contributed by atoms with van der Waals surface area (Å²) in [5.41, 5.74) is 8.59. The predicted octanol–water partition coefficient (Wildman–Crippen LogP) is 2.38. The maximum absolute atomic E-state index is 13.0. The van der Waals surface area contributed by atoms with Gasteiger partial charge in [-0.3, -0.25) is 4.79 Å². The van der Waals surface area contributed by atoms with Crippen LogP contribution < -0.4 is 15.4 Å². The molecule has 2 N–H and O–H groups in total. The van der Waals surface area contributed by atoms with Gasteiger partial charge in [0.15, 0.2) is 0 Å². The van der Waals surface area contributed by atoms with Crippen molar-refractivity contribution in [3.05, 3.63) is 23.8 Å². The highest BCUT2D eigenvalue weighted by atomic mass is 35.5. The summed E-state index contributed by atoms with van der Waals surface area (Å²) in [4.78, 5) is 14.9. The van der Waals surface area contributed by atoms with Crippen molar-refractivity contribution in [3.63, 3.8) is 0 Å². The van der Waals surface area contributed by atoms with Crippen LogP contribution in [0.15, 0.2) is 18.2 Å². The predicted molar refractivity (Wildman–Crippen MR) is 88.6 cm³/mol. The summed E-state index contributed by atoms with van der Waals surface area (Å²) in [6.45, 7) is 0.780. The Morgan fingerprint density at radius 3 is 2.77 bits per heavy atom. The number of nitrogens with two attached hydrogens (primary N) is 1. The molecule has 4 rings (SSSR count). The number of hydrogen-bond donors (Lipinski definition) is 1. The molecule has 3 aliphatic rings. The smallest absolute Gasteiger partial charge is 0.231 e. The Hall–Kier alpha value is -1.26. The van der Waals surface area contributed by atoms with Crippen molar-refractivity contribution < 1.29 is 9.53 Å². The highest BCUT2D eigenvalue weighted by Crippen LogP contribution is 2.49. The molecule has 4 unspecified atom stereocenters. The molecule has 2 bridgehead atoms. The number of carbonyl (C=O) groups excluding carboxylic acids is 1. The minimum Gasteiger partial charge on any atom is -0.497 e. The molecule has 1 aliphatic heterocycles. The lowest BCUT2D eigenvalue weighted by Crippen LogP contribution is -2.46. The van der Waals surface area contributed by atoms with Crippen LogP contribution in [0.1, 0.15) is 24.8 Å². The Morgan fingerprint density at radius 2 is 2.09 bits per heavy atom. The van der Waals surface area contributed by atoms with E-state index in [2.05, 4.69) is 0 Å². The third-order valence-electron chi connectivity index (χ3n) is 5.71. The Morgan fingerprint density at radius 1 is 1.32 bits per heavy atom. The van der Waals surface area contributed by atoms with Crippen molar-refractivity contribution >= 4 is 24.0 Å². The number of carbonyl (C=O) groups is 1. The number of rotatable bonds is 2. The number of benzene rings is 1. The van der Waals surface area contributed by atoms with Gasteiger partial charge < -0.3 is 15.4 Å². The number of halogens is 1. The molecule has 2 saturated carbocycles. The van der Waals surface area contributed by atoms with Gasteiger partial charge in [-0.1, -0.05) is 0 Å². The van der Waals surface area contributed by atoms with Gasteiger partial charge in [0.2, 0.25) is 5.91 Å². The molecule has 4 atom stereocenters. The quantitative estimate of drug-likeness (QED) is 0.909. The second kappa shape index (κ2) is 5.74. The van der Waals surface area contributed by atoms with Gasteiger partial charge in [0.05, 0.1) is 13.0 Å². The fourth-order valence-corrected chi connectivity index (χ4v) is 4.62. The number of fused-ring (bicyclic) bond motifs is 3. The number of anilines is 1. The van der Waals surface area contributed by atoms with E-state index in [4.69, 9.17) is 10.5 Å². The largest absolute Gasteiger partial charge is 0.497 e. The molecule has 2 fully saturated rings. The normalized spacial score (nSPS) is 31.8. The van der Waals surface area contributed by atoms with E-state index in [0.29, 0.717) is 11.8 Å². The number of methoxy groups -OCH3 is 1. The van der Waals surface area contributed by atoms with Gasteiger partial charge in [-0.15, -0.1) is 12.4 Å². The molecule has 1 aromatic carbocycles. The molecule has 1 amide bonds. The molecule has 5 heteroatoms. The molecule has 0 radical (unpaired) electrons. The molecule has 1 aromatic rings. The molecule has 0 aromatic heterocycles. The Kier molecular flexibility index (Phi) is 4.08. The highest BCUT2D eigenvalue weighted by molar-refractivity contribution is 5.98. The average molecular weight is 323 g/mol. The average Bonchev–Trinajstić information content (AvgIpc) is 3.19. The third kappa shape index (κ3) is 2.20. The van der Waals surface area contributed by atoms with Crippen LogP contribution in [-0.4, -0.2) is 25.6 Å². The SMILES string of the molecule is COc1ccc2c(c1)CCN2C(=O)C1C2CCC(C2)C1N.Cl. The summed E-state index contributed by atoms with van der Waals surface area (Å²) in [5, 5.41) is 0. The first kappa shape index (κ1) is 15.6. The van der Waals surface area contributed by atoms with Gasteiger partial charge in [-0.2, -0.15) is 0 Å². The van der Waals surface area contributed by atoms with E-state index in [9.17, 15) is 4.79 Å². The van der Waals surface area contributed by atoms with E-state index in [1.165, 1.54) is 18.4 Å². The molecular formula is C17H23ClN2O2. The first-order chi connectivity index (χ1) is 10.2. The summed E-state index contributed by atoms with van der Waals surface area (Å²) < 4.78 is 5.27. The van der Waals surface area contributed by atoms with Crippen molar-refractivity contribution in [2.24, 2.45) is 23.5 Å². The second-order valence-electron chi connectivity index (χ2n) is 6.67. The molecule has 2 aliphatic carbocycles. The standard InChI is InChI=1S/C17H22N2O2.ClH/c1-21-13-4-5-14-10(9-13)6-7-19(14)17(20)15-11-2-3-12(8-11)16(15)18;/h4-5,9,11-12,15-16H,2-3,6-8,18H2,1H3;1H. The molecule has 0 spiro atoms. The van der Waals surface area contributed by atoms with Gasteiger partial charge >= 0.3 is 0 Å². The lowest BCUT2D eigenvalue weighted by molar-refractivity contribution is -0.124. The number of amides is 1. The zero-order valence-corrected chi connectivity index (χ0v) is 13.6. The van der Waals surface area contributed by atoms with Gasteiger partial charge in [0, 0.05) is 18.3 Å². The van der Waals surface area contributed by atoms with Crippen LogP contribution in [-0.2, 0) is 11.2 Å². The lowest BCUT2D eigenvalue weighted by atomic mass is 9.84. The van der Waals surface area contributed by atoms with E-state index < -0.39 is 0 Å². The van der Waals surface area contributed by atoms with Crippen LogP contribution in [0.25, 0.3) is 0 Å². The fourth-order valence-electron chi connectivity index (χ4n) is 4.62. The Balaban J connectivity index is 0.00000144. The maximum Gasteiger partial charge on any atom is 0.231 e. The molecule has 22 heavy (non-hydrogen) atoms. The molecule has 1 heterocycles. The zero-order valence-electron chi connectivity index (χ0n) is 12.8. The minimum absolute atomic E-state index is 0. The topological polar surface area (TPSA) is 55.6 Å². The van der Waals surface area contributed by atoms with Crippen LogP contribution in [0, 0.1) is 17.8 Å². The summed E-state index contributed by atoms with van der Waals surface area (Å²) in [7, 11) is 1.67. The third-order valence-corrected chi connectivity index (χ3v) is 5.71. The Labute approximate surface area is 137 Å². The van der Waals surface area contributed by atoms with Crippen LogP contribution >= 0.6 is 12.4 Å². The zero-order chi connectivity index (χ0) is 14.6. The van der Waals surface area contributed by atoms with E-state index >= 15 is 0 Å². The van der Waals surface area contributed by atoms with E-state index in [1.54, 1.807) is 7.11 Å². The lowest BCUT2D eigenvalue weighted by Gasteiger charge is -2.31. The summed E-state index contributed by atoms with van der Waals surface area (Å²) in [6.07, 6.45) is 4.46. The number of hydrogen-bond acceptors (Lipinski definition) is 3. The maximum atomic E-state index is 13.0. The first-order valence-corrected chi connectivity index (χ1v) is 7.93. The van der Waals surface area contributed by atoms with Gasteiger partial charge in [-0.05, 0) is 61.3 Å². The molecule has 120 valence electrons. The van der Waals surface area contributed by atoms with E-state index in [1.807, 2.05) is 23.1 Å². The van der Waals surface area contributed by atoms with Gasteiger partial charge in [0.25, 0.3) is 0 Å². The van der Waals surface area contributed by atoms with Crippen LogP contribution in [0.4, 0.5) is 5.69 Å². The summed E-state index contributed by atoms with van der Waals surface area (Å²) in [5.74, 6) is 2.23. The van der Waals surface area contributed by atoms with Crippen molar-refractivity contribution in [3.8, 4) is 5.75 Å². The van der Waals surface area contributed by atoms with Crippen molar-refractivity contribution in [2.45, 2.75) is 31.7 Å². The van der Waals surface area contributed by atoms with Crippen LogP contribution in [0.3, 0.4) is 0 Å². The monoisotopic (exact) mass is 322 g/mol. The fraction of sp³-hybridized carbons (Fsp3) is 0.588.